The van der Waals surface area contributed by atoms with Crippen LogP contribution < -0.4 is 10.6 Å². The van der Waals surface area contributed by atoms with Crippen LogP contribution >= 0.6 is 0 Å². The highest BCUT2D eigenvalue weighted by atomic mass is 16.2. The zero-order valence-electron chi connectivity index (χ0n) is 17.4. The van der Waals surface area contributed by atoms with Crippen LogP contribution in [0.15, 0.2) is 54.6 Å². The van der Waals surface area contributed by atoms with E-state index in [-0.39, 0.29) is 24.1 Å². The number of carbonyl (C=O) groups excluding carboxylic acids is 4. The molecule has 0 unspecified atom stereocenters. The van der Waals surface area contributed by atoms with Crippen LogP contribution in [0, 0.1) is 5.92 Å². The Bertz CT molecular complexity index is 1010. The van der Waals surface area contributed by atoms with Crippen molar-refractivity contribution in [3.05, 3.63) is 65.7 Å². The molecule has 1 spiro atoms. The molecule has 1 saturated heterocycles. The first-order valence-electron chi connectivity index (χ1n) is 10.5. The molecule has 1 aliphatic carbocycles. The Hall–Kier alpha value is -3.48. The number of rotatable bonds is 5. The van der Waals surface area contributed by atoms with E-state index in [0.29, 0.717) is 35.6 Å². The highest BCUT2D eigenvalue weighted by Crippen LogP contribution is 2.36. The quantitative estimate of drug-likeness (QED) is 0.572. The van der Waals surface area contributed by atoms with Gasteiger partial charge >= 0.3 is 6.03 Å². The Kier molecular flexibility index (Phi) is 5.59. The highest BCUT2D eigenvalue weighted by Gasteiger charge is 2.52. The maximum atomic E-state index is 12.9. The Morgan fingerprint density at radius 3 is 2.29 bits per heavy atom. The summed E-state index contributed by atoms with van der Waals surface area (Å²) in [7, 11) is 0. The topological polar surface area (TPSA) is 95.6 Å². The first-order chi connectivity index (χ1) is 14.9. The van der Waals surface area contributed by atoms with Gasteiger partial charge in [0.05, 0.1) is 6.54 Å². The van der Waals surface area contributed by atoms with Crippen LogP contribution in [0.2, 0.25) is 0 Å². The maximum absolute atomic E-state index is 12.9. The first kappa shape index (κ1) is 20.8. The summed E-state index contributed by atoms with van der Waals surface area (Å²) in [6, 6.07) is 14.7. The van der Waals surface area contributed by atoms with Crippen molar-refractivity contribution in [1.82, 2.24) is 10.2 Å². The SMILES string of the molecule is CC1CCC2(CC1)NC(=O)N(CC(=O)c1ccc(NC(=O)c3ccccc3)cc1)C2=O. The van der Waals surface area contributed by atoms with Gasteiger partial charge in [-0.05, 0) is 68.0 Å². The number of hydrogen-bond acceptors (Lipinski definition) is 4. The molecule has 31 heavy (non-hydrogen) atoms. The second kappa shape index (κ2) is 8.34. The number of benzene rings is 2. The van der Waals surface area contributed by atoms with Crippen molar-refractivity contribution in [1.29, 1.82) is 0 Å². The number of amides is 4. The number of hydrogen-bond donors (Lipinski definition) is 2. The maximum Gasteiger partial charge on any atom is 0.325 e. The summed E-state index contributed by atoms with van der Waals surface area (Å²) < 4.78 is 0. The van der Waals surface area contributed by atoms with E-state index in [9.17, 15) is 19.2 Å². The summed E-state index contributed by atoms with van der Waals surface area (Å²) in [4.78, 5) is 51.3. The van der Waals surface area contributed by atoms with Gasteiger partial charge in [-0.1, -0.05) is 25.1 Å². The minimum absolute atomic E-state index is 0.244. The van der Waals surface area contributed by atoms with Crippen molar-refractivity contribution in [2.75, 3.05) is 11.9 Å². The molecule has 1 heterocycles. The third kappa shape index (κ3) is 4.21. The predicted molar refractivity (Wildman–Crippen MR) is 116 cm³/mol. The third-order valence-electron chi connectivity index (χ3n) is 6.18. The van der Waals surface area contributed by atoms with Crippen molar-refractivity contribution < 1.29 is 19.2 Å². The largest absolute Gasteiger partial charge is 0.325 e. The van der Waals surface area contributed by atoms with Crippen LogP contribution in [-0.2, 0) is 4.79 Å². The highest BCUT2D eigenvalue weighted by molar-refractivity contribution is 6.11. The fraction of sp³-hybridized carbons (Fsp3) is 0.333. The molecule has 2 aromatic rings. The van der Waals surface area contributed by atoms with Gasteiger partial charge in [-0.3, -0.25) is 19.3 Å². The van der Waals surface area contributed by atoms with E-state index in [1.54, 1.807) is 48.5 Å². The van der Waals surface area contributed by atoms with Gasteiger partial charge < -0.3 is 10.6 Å². The zero-order valence-corrected chi connectivity index (χ0v) is 17.4. The van der Waals surface area contributed by atoms with Gasteiger partial charge in [0.15, 0.2) is 5.78 Å². The van der Waals surface area contributed by atoms with Crippen molar-refractivity contribution >= 4 is 29.3 Å². The van der Waals surface area contributed by atoms with Gasteiger partial charge in [0, 0.05) is 16.8 Å². The molecule has 1 saturated carbocycles. The van der Waals surface area contributed by atoms with E-state index in [4.69, 9.17) is 0 Å². The second-order valence-corrected chi connectivity index (χ2v) is 8.41. The molecule has 7 heteroatoms. The van der Waals surface area contributed by atoms with E-state index >= 15 is 0 Å². The molecular formula is C24H25N3O4. The fourth-order valence-electron chi connectivity index (χ4n) is 4.18. The molecule has 2 aromatic carbocycles. The monoisotopic (exact) mass is 419 g/mol. The zero-order chi connectivity index (χ0) is 22.0. The normalized spacial score (nSPS) is 23.0. The number of anilines is 1. The van der Waals surface area contributed by atoms with Crippen LogP contribution in [0.1, 0.15) is 53.3 Å². The third-order valence-corrected chi connectivity index (χ3v) is 6.18. The van der Waals surface area contributed by atoms with Crippen molar-refractivity contribution in [3.8, 4) is 0 Å². The summed E-state index contributed by atoms with van der Waals surface area (Å²) >= 11 is 0. The molecule has 2 aliphatic rings. The average molecular weight is 419 g/mol. The summed E-state index contributed by atoms with van der Waals surface area (Å²) in [6.45, 7) is 1.85. The van der Waals surface area contributed by atoms with Crippen molar-refractivity contribution in [3.63, 3.8) is 0 Å². The number of Topliss-reactive ketones (excluding diaryl/α,β-unsaturated/α-hetero) is 1. The minimum Gasteiger partial charge on any atom is -0.323 e. The van der Waals surface area contributed by atoms with Crippen molar-refractivity contribution in [2.45, 2.75) is 38.1 Å². The molecule has 0 atom stereocenters. The summed E-state index contributed by atoms with van der Waals surface area (Å²) in [5.41, 5.74) is 0.606. The molecular weight excluding hydrogens is 394 g/mol. The lowest BCUT2D eigenvalue weighted by Crippen LogP contribution is -2.49. The standard InChI is InChI=1S/C24H25N3O4/c1-16-11-13-24(14-12-16)22(30)27(23(31)26-24)15-20(28)17-7-9-19(10-8-17)25-21(29)18-5-3-2-4-6-18/h2-10,16H,11-15H2,1H3,(H,25,29)(H,26,31). The first-order valence-corrected chi connectivity index (χ1v) is 10.5. The van der Waals surface area contributed by atoms with Crippen LogP contribution in [-0.4, -0.2) is 40.6 Å². The lowest BCUT2D eigenvalue weighted by Gasteiger charge is -2.33. The molecule has 160 valence electrons. The van der Waals surface area contributed by atoms with E-state index in [2.05, 4.69) is 17.6 Å². The van der Waals surface area contributed by atoms with E-state index in [1.807, 2.05) is 6.07 Å². The summed E-state index contributed by atoms with van der Waals surface area (Å²) in [5, 5.41) is 5.61. The molecule has 0 radical (unpaired) electrons. The lowest BCUT2D eigenvalue weighted by atomic mass is 9.77. The van der Waals surface area contributed by atoms with Crippen LogP contribution in [0.4, 0.5) is 10.5 Å². The molecule has 2 N–H and O–H groups in total. The Balaban J connectivity index is 1.39. The number of urea groups is 1. The average Bonchev–Trinajstić information content (AvgIpc) is 3.01. The van der Waals surface area contributed by atoms with Gasteiger partial charge in [-0.15, -0.1) is 0 Å². The number of nitrogens with one attached hydrogen (secondary N) is 2. The number of nitrogens with zero attached hydrogens (tertiary/aromatic N) is 1. The molecule has 0 bridgehead atoms. The molecule has 4 rings (SSSR count). The minimum atomic E-state index is -0.852. The Morgan fingerprint density at radius 1 is 1.00 bits per heavy atom. The van der Waals surface area contributed by atoms with Gasteiger partial charge in [-0.25, -0.2) is 4.79 Å². The van der Waals surface area contributed by atoms with E-state index in [1.165, 1.54) is 0 Å². The molecule has 1 aliphatic heterocycles. The number of ketones is 1. The Morgan fingerprint density at radius 2 is 1.65 bits per heavy atom. The van der Waals surface area contributed by atoms with Gasteiger partial charge in [0.25, 0.3) is 11.8 Å². The van der Waals surface area contributed by atoms with Crippen LogP contribution in [0.3, 0.4) is 0 Å². The molecule has 2 fully saturated rings. The van der Waals surface area contributed by atoms with E-state index in [0.717, 1.165) is 17.7 Å². The van der Waals surface area contributed by atoms with Crippen LogP contribution in [0.5, 0.6) is 0 Å². The molecule has 7 nitrogen and oxygen atoms in total. The van der Waals surface area contributed by atoms with Crippen LogP contribution in [0.25, 0.3) is 0 Å². The number of imide groups is 1. The van der Waals surface area contributed by atoms with E-state index < -0.39 is 11.6 Å². The predicted octanol–water partition coefficient (Wildman–Crippen LogP) is 3.62. The summed E-state index contributed by atoms with van der Waals surface area (Å²) in [5.74, 6) is -0.340. The lowest BCUT2D eigenvalue weighted by molar-refractivity contribution is -0.132. The Labute approximate surface area is 180 Å². The van der Waals surface area contributed by atoms with Crippen molar-refractivity contribution in [2.24, 2.45) is 5.92 Å². The fourth-order valence-corrected chi connectivity index (χ4v) is 4.18. The second-order valence-electron chi connectivity index (χ2n) is 8.41. The van der Waals surface area contributed by atoms with Gasteiger partial charge in [-0.2, -0.15) is 0 Å². The van der Waals surface area contributed by atoms with Gasteiger partial charge in [0.1, 0.15) is 5.54 Å². The summed E-state index contributed by atoms with van der Waals surface area (Å²) in [6.07, 6.45) is 2.98. The smallest absolute Gasteiger partial charge is 0.323 e. The van der Waals surface area contributed by atoms with Gasteiger partial charge in [0.2, 0.25) is 0 Å². The number of carbonyl (C=O) groups is 4. The molecule has 0 aromatic heterocycles. The molecule has 4 amide bonds.